The molecule has 0 radical (unpaired) electrons. The van der Waals surface area contributed by atoms with E-state index in [1.165, 1.54) is 18.4 Å². The fourth-order valence-electron chi connectivity index (χ4n) is 3.79. The van der Waals surface area contributed by atoms with Gasteiger partial charge in [-0.05, 0) is 25.3 Å². The summed E-state index contributed by atoms with van der Waals surface area (Å²) < 4.78 is 5.46. The zero-order valence-corrected chi connectivity index (χ0v) is 14.9. The van der Waals surface area contributed by atoms with Gasteiger partial charge in [0, 0.05) is 50.2 Å². The first-order chi connectivity index (χ1) is 12.3. The van der Waals surface area contributed by atoms with Crippen LogP contribution in [0.3, 0.4) is 0 Å². The van der Waals surface area contributed by atoms with Gasteiger partial charge in [0.05, 0.1) is 13.2 Å². The number of ether oxygens (including phenoxy) is 1. The lowest BCUT2D eigenvalue weighted by Crippen LogP contribution is -2.37. The number of morpholine rings is 1. The first-order valence-electron chi connectivity index (χ1n) is 9.31. The van der Waals surface area contributed by atoms with Crippen LogP contribution in [0.2, 0.25) is 0 Å². The molecule has 0 bridgehead atoms. The van der Waals surface area contributed by atoms with E-state index < -0.39 is 0 Å². The van der Waals surface area contributed by atoms with E-state index >= 15 is 0 Å². The second kappa shape index (κ2) is 7.50. The van der Waals surface area contributed by atoms with Gasteiger partial charge >= 0.3 is 0 Å². The Labute approximate surface area is 149 Å². The molecule has 2 aliphatic rings. The number of hydrogen-bond acceptors (Lipinski definition) is 5. The molecule has 0 saturated carbocycles. The van der Waals surface area contributed by atoms with Gasteiger partial charge in [-0.1, -0.05) is 24.3 Å². The molecule has 2 aromatic rings. The van der Waals surface area contributed by atoms with E-state index in [1.807, 2.05) is 0 Å². The molecule has 0 aliphatic carbocycles. The lowest BCUT2D eigenvalue weighted by atomic mass is 10.0. The van der Waals surface area contributed by atoms with E-state index in [9.17, 15) is 0 Å². The minimum atomic E-state index is 0.415. The molecule has 4 rings (SSSR count). The van der Waals surface area contributed by atoms with E-state index in [0.29, 0.717) is 6.04 Å². The standard InChI is InChI=1S/C20H26N4O/c1-16(23-12-14-25-15-13-23)17-4-6-18(7-5-17)19-20(22-9-8-21-19)24-10-2-3-11-24/h4-9,16H,2-3,10-15H2,1H3. The second-order valence-electron chi connectivity index (χ2n) is 6.87. The molecule has 5 nitrogen and oxygen atoms in total. The fourth-order valence-corrected chi connectivity index (χ4v) is 3.79. The molecule has 1 unspecified atom stereocenters. The van der Waals surface area contributed by atoms with Gasteiger partial charge in [-0.2, -0.15) is 0 Å². The van der Waals surface area contributed by atoms with E-state index in [1.54, 1.807) is 12.4 Å². The van der Waals surface area contributed by atoms with Gasteiger partial charge in [0.25, 0.3) is 0 Å². The third kappa shape index (κ3) is 3.53. The zero-order chi connectivity index (χ0) is 17.1. The molecule has 1 atom stereocenters. The van der Waals surface area contributed by atoms with E-state index in [-0.39, 0.29) is 0 Å². The van der Waals surface area contributed by atoms with Crippen LogP contribution in [0.1, 0.15) is 31.4 Å². The number of anilines is 1. The molecule has 1 aromatic carbocycles. The molecule has 0 amide bonds. The summed E-state index contributed by atoms with van der Waals surface area (Å²) >= 11 is 0. The molecule has 2 aliphatic heterocycles. The highest BCUT2D eigenvalue weighted by atomic mass is 16.5. The van der Waals surface area contributed by atoms with Gasteiger partial charge in [-0.25, -0.2) is 4.98 Å². The van der Waals surface area contributed by atoms with Gasteiger partial charge in [-0.15, -0.1) is 0 Å². The van der Waals surface area contributed by atoms with Crippen LogP contribution < -0.4 is 4.90 Å². The molecular formula is C20H26N4O. The third-order valence-electron chi connectivity index (χ3n) is 5.34. The SMILES string of the molecule is CC(c1ccc(-c2nccnc2N2CCCC2)cc1)N1CCOCC1. The molecule has 25 heavy (non-hydrogen) atoms. The van der Waals surface area contributed by atoms with Gasteiger partial charge in [0.1, 0.15) is 5.69 Å². The third-order valence-corrected chi connectivity index (χ3v) is 5.34. The summed E-state index contributed by atoms with van der Waals surface area (Å²) in [5.41, 5.74) is 3.49. The first-order valence-corrected chi connectivity index (χ1v) is 9.31. The van der Waals surface area contributed by atoms with Gasteiger partial charge in [0.2, 0.25) is 0 Å². The van der Waals surface area contributed by atoms with Crippen molar-refractivity contribution in [3.05, 3.63) is 42.2 Å². The van der Waals surface area contributed by atoms with Crippen LogP contribution in [0.25, 0.3) is 11.3 Å². The Morgan fingerprint density at radius 2 is 1.60 bits per heavy atom. The zero-order valence-electron chi connectivity index (χ0n) is 14.9. The van der Waals surface area contributed by atoms with Crippen molar-refractivity contribution in [3.8, 4) is 11.3 Å². The summed E-state index contributed by atoms with van der Waals surface area (Å²) in [6, 6.07) is 9.26. The van der Waals surface area contributed by atoms with Gasteiger partial charge in [-0.3, -0.25) is 9.88 Å². The van der Waals surface area contributed by atoms with Crippen molar-refractivity contribution in [1.82, 2.24) is 14.9 Å². The summed E-state index contributed by atoms with van der Waals surface area (Å²) in [5.74, 6) is 1.02. The molecule has 2 saturated heterocycles. The first kappa shape index (κ1) is 16.5. The fraction of sp³-hybridized carbons (Fsp3) is 0.500. The molecular weight excluding hydrogens is 312 g/mol. The molecule has 0 N–H and O–H groups in total. The van der Waals surface area contributed by atoms with Crippen molar-refractivity contribution in [2.75, 3.05) is 44.3 Å². The van der Waals surface area contributed by atoms with Crippen molar-refractivity contribution < 1.29 is 4.74 Å². The summed E-state index contributed by atoms with van der Waals surface area (Å²) in [5, 5.41) is 0. The Morgan fingerprint density at radius 1 is 0.920 bits per heavy atom. The van der Waals surface area contributed by atoms with E-state index in [0.717, 1.165) is 56.5 Å². The topological polar surface area (TPSA) is 41.5 Å². The van der Waals surface area contributed by atoms with E-state index in [2.05, 4.69) is 51.0 Å². The van der Waals surface area contributed by atoms with Crippen molar-refractivity contribution in [2.45, 2.75) is 25.8 Å². The predicted octanol–water partition coefficient (Wildman–Crippen LogP) is 3.14. The van der Waals surface area contributed by atoms with Crippen LogP contribution >= 0.6 is 0 Å². The van der Waals surface area contributed by atoms with Crippen LogP contribution in [0.5, 0.6) is 0 Å². The number of nitrogens with zero attached hydrogens (tertiary/aromatic N) is 4. The highest BCUT2D eigenvalue weighted by molar-refractivity contribution is 5.72. The highest BCUT2D eigenvalue weighted by Crippen LogP contribution is 2.30. The maximum Gasteiger partial charge on any atom is 0.155 e. The maximum atomic E-state index is 5.46. The summed E-state index contributed by atoms with van der Waals surface area (Å²) in [4.78, 5) is 14.1. The van der Waals surface area contributed by atoms with Crippen LogP contribution in [0, 0.1) is 0 Å². The molecule has 5 heteroatoms. The predicted molar refractivity (Wildman–Crippen MR) is 99.7 cm³/mol. The maximum absolute atomic E-state index is 5.46. The minimum absolute atomic E-state index is 0.415. The highest BCUT2D eigenvalue weighted by Gasteiger charge is 2.20. The average Bonchev–Trinajstić information content (AvgIpc) is 3.23. The van der Waals surface area contributed by atoms with Crippen molar-refractivity contribution in [2.24, 2.45) is 0 Å². The lowest BCUT2D eigenvalue weighted by Gasteiger charge is -2.32. The Kier molecular flexibility index (Phi) is 4.95. The minimum Gasteiger partial charge on any atom is -0.379 e. The van der Waals surface area contributed by atoms with Crippen LogP contribution in [-0.2, 0) is 4.74 Å². The normalized spacial score (nSPS) is 20.0. The smallest absolute Gasteiger partial charge is 0.155 e. The summed E-state index contributed by atoms with van der Waals surface area (Å²) in [6.07, 6.45) is 6.07. The van der Waals surface area contributed by atoms with Crippen LogP contribution in [-0.4, -0.2) is 54.3 Å². The Balaban J connectivity index is 1.56. The summed E-state index contributed by atoms with van der Waals surface area (Å²) in [6.45, 7) is 8.12. The van der Waals surface area contributed by atoms with Gasteiger partial charge < -0.3 is 9.64 Å². The average molecular weight is 338 g/mol. The van der Waals surface area contributed by atoms with E-state index in [4.69, 9.17) is 4.74 Å². The molecule has 2 fully saturated rings. The second-order valence-corrected chi connectivity index (χ2v) is 6.87. The van der Waals surface area contributed by atoms with Crippen LogP contribution in [0.15, 0.2) is 36.7 Å². The van der Waals surface area contributed by atoms with Crippen molar-refractivity contribution in [1.29, 1.82) is 0 Å². The van der Waals surface area contributed by atoms with Gasteiger partial charge in [0.15, 0.2) is 5.82 Å². The Morgan fingerprint density at radius 3 is 2.32 bits per heavy atom. The van der Waals surface area contributed by atoms with Crippen molar-refractivity contribution >= 4 is 5.82 Å². The van der Waals surface area contributed by atoms with Crippen molar-refractivity contribution in [3.63, 3.8) is 0 Å². The largest absolute Gasteiger partial charge is 0.379 e. The lowest BCUT2D eigenvalue weighted by molar-refractivity contribution is 0.0198. The monoisotopic (exact) mass is 338 g/mol. The molecule has 132 valence electrons. The molecule has 3 heterocycles. The number of rotatable bonds is 4. The summed E-state index contributed by atoms with van der Waals surface area (Å²) in [7, 11) is 0. The Hall–Kier alpha value is -1.98. The number of aromatic nitrogens is 2. The molecule has 1 aromatic heterocycles. The van der Waals surface area contributed by atoms with Crippen LogP contribution in [0.4, 0.5) is 5.82 Å². The number of hydrogen-bond donors (Lipinski definition) is 0. The molecule has 0 spiro atoms. The Bertz CT molecular complexity index is 691. The quantitative estimate of drug-likeness (QED) is 0.857. The number of benzene rings is 1.